The molecule has 3 rings (SSSR count). The van der Waals surface area contributed by atoms with Gasteiger partial charge in [0.25, 0.3) is 0 Å². The lowest BCUT2D eigenvalue weighted by molar-refractivity contribution is -0.0836. The predicted octanol–water partition coefficient (Wildman–Crippen LogP) is 2.06. The molecule has 3 heterocycles. The lowest BCUT2D eigenvalue weighted by atomic mass is 9.78. The number of hydrogen-bond donors (Lipinski definition) is 1. The number of rotatable bonds is 4. The van der Waals surface area contributed by atoms with Crippen LogP contribution in [-0.2, 0) is 9.47 Å². The Kier molecular flexibility index (Phi) is 7.40. The lowest BCUT2D eigenvalue weighted by Gasteiger charge is -2.40. The summed E-state index contributed by atoms with van der Waals surface area (Å²) < 4.78 is 11.6. The Morgan fingerprint density at radius 1 is 1.11 bits per heavy atom. The third-order valence-corrected chi connectivity index (χ3v) is 6.24. The van der Waals surface area contributed by atoms with Gasteiger partial charge in [0, 0.05) is 58.8 Å². The van der Waals surface area contributed by atoms with Crippen LogP contribution >= 0.6 is 0 Å². The number of ether oxygens (including phenoxy) is 2. The molecule has 0 radical (unpaired) electrons. The molecule has 0 aromatic rings. The predicted molar refractivity (Wildman–Crippen MR) is 110 cm³/mol. The minimum absolute atomic E-state index is 0.188. The third-order valence-electron chi connectivity index (χ3n) is 6.24. The third kappa shape index (κ3) is 5.81. The van der Waals surface area contributed by atoms with Crippen molar-refractivity contribution in [3.05, 3.63) is 0 Å². The first kappa shape index (κ1) is 20.9. The van der Waals surface area contributed by atoms with E-state index in [1.165, 1.54) is 25.8 Å². The summed E-state index contributed by atoms with van der Waals surface area (Å²) in [7, 11) is 1.91. The molecule has 3 aliphatic heterocycles. The smallest absolute Gasteiger partial charge is 0.193 e. The molecule has 0 bridgehead atoms. The molecule has 3 saturated heterocycles. The molecule has 0 aromatic heterocycles. The second-order valence-corrected chi connectivity index (χ2v) is 9.50. The van der Waals surface area contributed by atoms with E-state index < -0.39 is 0 Å². The molecular formula is C21H40N4O2. The highest BCUT2D eigenvalue weighted by Gasteiger charge is 2.36. The molecule has 27 heavy (non-hydrogen) atoms. The van der Waals surface area contributed by atoms with Crippen molar-refractivity contribution in [3.8, 4) is 0 Å². The minimum atomic E-state index is 0.188. The Morgan fingerprint density at radius 3 is 2.59 bits per heavy atom. The Labute approximate surface area is 165 Å². The number of hydrogen-bond acceptors (Lipinski definition) is 4. The van der Waals surface area contributed by atoms with Crippen molar-refractivity contribution < 1.29 is 9.47 Å². The molecule has 1 N–H and O–H groups in total. The van der Waals surface area contributed by atoms with E-state index in [1.807, 2.05) is 7.05 Å². The average molecular weight is 381 g/mol. The summed E-state index contributed by atoms with van der Waals surface area (Å²) in [6, 6.07) is 0. The van der Waals surface area contributed by atoms with E-state index in [1.54, 1.807) is 0 Å². The Hall–Kier alpha value is -0.850. The molecule has 6 nitrogen and oxygen atoms in total. The van der Waals surface area contributed by atoms with E-state index >= 15 is 0 Å². The van der Waals surface area contributed by atoms with Gasteiger partial charge in [-0.15, -0.1) is 0 Å². The fourth-order valence-corrected chi connectivity index (χ4v) is 4.89. The normalized spacial score (nSPS) is 31.3. The quantitative estimate of drug-likeness (QED) is 0.598. The van der Waals surface area contributed by atoms with E-state index in [2.05, 4.69) is 40.9 Å². The zero-order chi connectivity index (χ0) is 19.3. The molecule has 0 aliphatic carbocycles. The van der Waals surface area contributed by atoms with Gasteiger partial charge in [-0.1, -0.05) is 20.8 Å². The van der Waals surface area contributed by atoms with E-state index in [0.717, 1.165) is 64.4 Å². The first-order valence-corrected chi connectivity index (χ1v) is 10.8. The second-order valence-electron chi connectivity index (χ2n) is 9.50. The van der Waals surface area contributed by atoms with Crippen molar-refractivity contribution in [3.63, 3.8) is 0 Å². The largest absolute Gasteiger partial charge is 0.379 e. The number of likely N-dealkylation sites (tertiary alicyclic amines) is 1. The van der Waals surface area contributed by atoms with Crippen molar-refractivity contribution in [2.75, 3.05) is 66.1 Å². The van der Waals surface area contributed by atoms with Crippen LogP contribution in [0.2, 0.25) is 0 Å². The van der Waals surface area contributed by atoms with Crippen molar-refractivity contribution in [1.29, 1.82) is 0 Å². The summed E-state index contributed by atoms with van der Waals surface area (Å²) >= 11 is 0. The van der Waals surface area contributed by atoms with Gasteiger partial charge < -0.3 is 19.7 Å². The first-order valence-electron chi connectivity index (χ1n) is 10.8. The van der Waals surface area contributed by atoms with Gasteiger partial charge in [0.1, 0.15) is 0 Å². The molecule has 3 unspecified atom stereocenters. The number of nitrogens with zero attached hydrogens (tertiary/aromatic N) is 3. The van der Waals surface area contributed by atoms with Crippen LogP contribution < -0.4 is 5.32 Å². The summed E-state index contributed by atoms with van der Waals surface area (Å²) in [4.78, 5) is 9.58. The van der Waals surface area contributed by atoms with Crippen LogP contribution in [0.5, 0.6) is 0 Å². The molecule has 3 atom stereocenters. The molecule has 3 fully saturated rings. The van der Waals surface area contributed by atoms with Crippen molar-refractivity contribution >= 4 is 5.96 Å². The molecule has 156 valence electrons. The highest BCUT2D eigenvalue weighted by atomic mass is 16.5. The minimum Gasteiger partial charge on any atom is -0.379 e. The Morgan fingerprint density at radius 2 is 1.89 bits per heavy atom. The van der Waals surface area contributed by atoms with Gasteiger partial charge in [0.2, 0.25) is 0 Å². The number of aliphatic imine (C=N–C) groups is 1. The highest BCUT2D eigenvalue weighted by molar-refractivity contribution is 5.80. The van der Waals surface area contributed by atoms with Gasteiger partial charge >= 0.3 is 0 Å². The molecule has 3 aliphatic rings. The monoisotopic (exact) mass is 380 g/mol. The van der Waals surface area contributed by atoms with Crippen LogP contribution in [0.15, 0.2) is 4.99 Å². The maximum Gasteiger partial charge on any atom is 0.193 e. The van der Waals surface area contributed by atoms with Gasteiger partial charge in [0.15, 0.2) is 5.96 Å². The van der Waals surface area contributed by atoms with Crippen LogP contribution in [-0.4, -0.2) is 88.0 Å². The maximum atomic E-state index is 6.14. The van der Waals surface area contributed by atoms with Gasteiger partial charge in [-0.2, -0.15) is 0 Å². The molecule has 0 spiro atoms. The maximum absolute atomic E-state index is 6.14. The SMILES string of the molecule is CN=C(NCC1CCCOC1C(C)(C)C)N1CCC(CN2CCOCC2)C1. The van der Waals surface area contributed by atoms with Gasteiger partial charge in [-0.25, -0.2) is 0 Å². The summed E-state index contributed by atoms with van der Waals surface area (Å²) in [5.41, 5.74) is 0.188. The topological polar surface area (TPSA) is 49.3 Å². The van der Waals surface area contributed by atoms with Crippen molar-refractivity contribution in [2.45, 2.75) is 46.1 Å². The molecule has 0 saturated carbocycles. The van der Waals surface area contributed by atoms with Gasteiger partial charge in [0.05, 0.1) is 19.3 Å². The zero-order valence-electron chi connectivity index (χ0n) is 17.9. The number of morpholine rings is 1. The zero-order valence-corrected chi connectivity index (χ0v) is 17.9. The van der Waals surface area contributed by atoms with Crippen LogP contribution in [0, 0.1) is 17.3 Å². The van der Waals surface area contributed by atoms with E-state index in [0.29, 0.717) is 12.0 Å². The molecule has 0 aromatic carbocycles. The fraction of sp³-hybridized carbons (Fsp3) is 0.952. The molecular weight excluding hydrogens is 340 g/mol. The molecule has 0 amide bonds. The average Bonchev–Trinajstić information content (AvgIpc) is 3.11. The van der Waals surface area contributed by atoms with Gasteiger partial charge in [-0.05, 0) is 30.6 Å². The van der Waals surface area contributed by atoms with Crippen LogP contribution in [0.25, 0.3) is 0 Å². The number of guanidine groups is 1. The standard InChI is InChI=1S/C21H40N4O2/c1-21(2,3)19-18(6-5-11-27-19)14-23-20(22-4)25-8-7-17(16-25)15-24-9-12-26-13-10-24/h17-19H,5-16H2,1-4H3,(H,22,23). The summed E-state index contributed by atoms with van der Waals surface area (Å²) in [5.74, 6) is 2.36. The van der Waals surface area contributed by atoms with E-state index in [-0.39, 0.29) is 5.41 Å². The number of nitrogens with one attached hydrogen (secondary N) is 1. The van der Waals surface area contributed by atoms with Crippen LogP contribution in [0.4, 0.5) is 0 Å². The van der Waals surface area contributed by atoms with Crippen LogP contribution in [0.3, 0.4) is 0 Å². The summed E-state index contributed by atoms with van der Waals surface area (Å²) in [6.45, 7) is 16.1. The van der Waals surface area contributed by atoms with Gasteiger partial charge in [-0.3, -0.25) is 9.89 Å². The lowest BCUT2D eigenvalue weighted by Crippen LogP contribution is -2.48. The fourth-order valence-electron chi connectivity index (χ4n) is 4.89. The highest BCUT2D eigenvalue weighted by Crippen LogP contribution is 2.33. The second kappa shape index (κ2) is 9.57. The first-order chi connectivity index (χ1) is 13.0. The summed E-state index contributed by atoms with van der Waals surface area (Å²) in [5, 5.41) is 3.67. The van der Waals surface area contributed by atoms with Crippen LogP contribution in [0.1, 0.15) is 40.0 Å². The molecule has 6 heteroatoms. The van der Waals surface area contributed by atoms with Crippen molar-refractivity contribution in [1.82, 2.24) is 15.1 Å². The van der Waals surface area contributed by atoms with E-state index in [4.69, 9.17) is 9.47 Å². The van der Waals surface area contributed by atoms with E-state index in [9.17, 15) is 0 Å². The Balaban J connectivity index is 1.47. The van der Waals surface area contributed by atoms with Crippen molar-refractivity contribution in [2.24, 2.45) is 22.2 Å². The summed E-state index contributed by atoms with van der Waals surface area (Å²) in [6.07, 6.45) is 3.99. The Bertz CT molecular complexity index is 485.